The van der Waals surface area contributed by atoms with Gasteiger partial charge in [0.25, 0.3) is 0 Å². The van der Waals surface area contributed by atoms with Gasteiger partial charge >= 0.3 is 23.9 Å². The minimum absolute atomic E-state index is 0.729. The van der Waals surface area contributed by atoms with E-state index < -0.39 is 30.2 Å². The van der Waals surface area contributed by atoms with E-state index in [1.165, 1.54) is 6.92 Å². The Morgan fingerprint density at radius 1 is 0.700 bits per heavy atom. The van der Waals surface area contributed by atoms with Crippen molar-refractivity contribution in [1.82, 2.24) is 0 Å². The summed E-state index contributed by atoms with van der Waals surface area (Å²) in [6.45, 7) is 1.29. The fourth-order valence-corrected chi connectivity index (χ4v) is 0.838. The summed E-state index contributed by atoms with van der Waals surface area (Å²) in [5.41, 5.74) is 0. The molecule has 0 aromatic heterocycles. The molecule has 0 fully saturated rings. The van der Waals surface area contributed by atoms with Gasteiger partial charge < -0.3 is 18.9 Å². The van der Waals surface area contributed by atoms with E-state index in [1.807, 2.05) is 0 Å². The van der Waals surface area contributed by atoms with Crippen LogP contribution in [0, 0.1) is 0 Å². The number of ether oxygens (including phenoxy) is 4. The third-order valence-electron chi connectivity index (χ3n) is 1.68. The molecule has 110 valence electrons. The number of methoxy groups -OCH3 is 2. The third kappa shape index (κ3) is 8.45. The molecule has 0 bridgehead atoms. The molecule has 0 aromatic carbocycles. The topological polar surface area (TPSA) is 105 Å². The normalized spacial score (nSPS) is 10.6. The third-order valence-corrected chi connectivity index (χ3v) is 1.68. The van der Waals surface area contributed by atoms with Crippen LogP contribution in [0.5, 0.6) is 0 Å². The molecule has 0 saturated heterocycles. The molecule has 0 saturated carbocycles. The van der Waals surface area contributed by atoms with Gasteiger partial charge in [-0.2, -0.15) is 0 Å². The maximum Gasteiger partial charge on any atom is 0.334 e. The quantitative estimate of drug-likeness (QED) is 0.288. The monoisotopic (exact) mass is 286 g/mol. The molecular formula is C12H14O8. The molecule has 0 heterocycles. The van der Waals surface area contributed by atoms with Gasteiger partial charge in [0.05, 0.1) is 14.2 Å². The van der Waals surface area contributed by atoms with E-state index >= 15 is 0 Å². The van der Waals surface area contributed by atoms with E-state index in [0.29, 0.717) is 0 Å². The van der Waals surface area contributed by atoms with Gasteiger partial charge in [0, 0.05) is 31.2 Å². The number of hydrogen-bond acceptors (Lipinski definition) is 8. The lowest BCUT2D eigenvalue weighted by Crippen LogP contribution is -2.20. The highest BCUT2D eigenvalue weighted by atomic mass is 16.7. The molecule has 0 aliphatic rings. The molecule has 0 unspecified atom stereocenters. The van der Waals surface area contributed by atoms with Crippen LogP contribution in [0.4, 0.5) is 0 Å². The highest BCUT2D eigenvalue weighted by molar-refractivity contribution is 5.92. The molecule has 0 radical (unpaired) electrons. The number of carbonyl (C=O) groups is 4. The molecule has 0 amide bonds. The van der Waals surface area contributed by atoms with E-state index in [0.717, 1.165) is 38.5 Å². The van der Waals surface area contributed by atoms with Crippen LogP contribution in [-0.2, 0) is 38.1 Å². The van der Waals surface area contributed by atoms with Crippen molar-refractivity contribution in [2.45, 2.75) is 13.2 Å². The summed E-state index contributed by atoms with van der Waals surface area (Å²) in [6, 6.07) is 0. The smallest absolute Gasteiger partial charge is 0.334 e. The Hall–Kier alpha value is -2.64. The van der Waals surface area contributed by atoms with Crippen LogP contribution in [0.3, 0.4) is 0 Å². The maximum absolute atomic E-state index is 11.2. The van der Waals surface area contributed by atoms with Crippen molar-refractivity contribution in [3.05, 3.63) is 24.3 Å². The number of carbonyl (C=O) groups excluding carboxylic acids is 4. The first-order chi connectivity index (χ1) is 9.38. The Bertz CT molecular complexity index is 395. The first-order valence-electron chi connectivity index (χ1n) is 5.32. The Kier molecular flexibility index (Phi) is 8.08. The van der Waals surface area contributed by atoms with Crippen LogP contribution in [-0.4, -0.2) is 44.4 Å². The zero-order chi connectivity index (χ0) is 15.5. The van der Waals surface area contributed by atoms with Gasteiger partial charge in [-0.15, -0.1) is 0 Å². The van der Waals surface area contributed by atoms with E-state index in [1.54, 1.807) is 0 Å². The number of hydrogen-bond donors (Lipinski definition) is 0. The van der Waals surface area contributed by atoms with E-state index in [-0.39, 0.29) is 0 Å². The average molecular weight is 286 g/mol. The van der Waals surface area contributed by atoms with Crippen LogP contribution in [0.1, 0.15) is 6.92 Å². The maximum atomic E-state index is 11.2. The van der Waals surface area contributed by atoms with Gasteiger partial charge in [-0.3, -0.25) is 0 Å². The Balaban J connectivity index is 4.19. The molecule has 20 heavy (non-hydrogen) atoms. The summed E-state index contributed by atoms with van der Waals surface area (Å²) in [5.74, 6) is -3.25. The molecular weight excluding hydrogens is 272 g/mol. The lowest BCUT2D eigenvalue weighted by Gasteiger charge is -2.11. The molecule has 8 nitrogen and oxygen atoms in total. The van der Waals surface area contributed by atoms with E-state index in [2.05, 4.69) is 18.9 Å². The van der Waals surface area contributed by atoms with Crippen molar-refractivity contribution in [3.63, 3.8) is 0 Å². The largest absolute Gasteiger partial charge is 0.466 e. The first-order valence-corrected chi connectivity index (χ1v) is 5.32. The summed E-state index contributed by atoms with van der Waals surface area (Å²) < 4.78 is 17.8. The summed E-state index contributed by atoms with van der Waals surface area (Å²) in [7, 11) is 2.30. The molecule has 0 N–H and O–H groups in total. The average Bonchev–Trinajstić information content (AvgIpc) is 2.41. The Morgan fingerprint density at radius 2 is 1.00 bits per heavy atom. The van der Waals surface area contributed by atoms with Gasteiger partial charge in [0.2, 0.25) is 6.29 Å². The van der Waals surface area contributed by atoms with Crippen molar-refractivity contribution in [2.75, 3.05) is 14.2 Å². The zero-order valence-electron chi connectivity index (χ0n) is 11.2. The number of rotatable bonds is 6. The van der Waals surface area contributed by atoms with Gasteiger partial charge in [-0.1, -0.05) is 0 Å². The fraction of sp³-hybridized carbons (Fsp3) is 0.333. The second-order valence-electron chi connectivity index (χ2n) is 3.15. The SMILES string of the molecule is COC(=O)/C=C/C(=O)OC(C)OC(=O)/C=C/C(=O)OC. The lowest BCUT2D eigenvalue weighted by molar-refractivity contribution is -0.177. The van der Waals surface area contributed by atoms with Crippen LogP contribution in [0.2, 0.25) is 0 Å². The van der Waals surface area contributed by atoms with Gasteiger partial charge in [0.15, 0.2) is 0 Å². The molecule has 0 aliphatic carbocycles. The summed E-state index contributed by atoms with van der Waals surface area (Å²) >= 11 is 0. The van der Waals surface area contributed by atoms with Crippen molar-refractivity contribution in [3.8, 4) is 0 Å². The summed E-state index contributed by atoms with van der Waals surface area (Å²) in [5, 5.41) is 0. The molecule has 0 atom stereocenters. The van der Waals surface area contributed by atoms with Crippen LogP contribution in [0.15, 0.2) is 24.3 Å². The molecule has 0 rings (SSSR count). The van der Waals surface area contributed by atoms with Crippen LogP contribution in [0.25, 0.3) is 0 Å². The number of esters is 4. The second kappa shape index (κ2) is 9.31. The second-order valence-corrected chi connectivity index (χ2v) is 3.15. The predicted octanol–water partition coefficient (Wildman–Crippen LogP) is -0.123. The minimum Gasteiger partial charge on any atom is -0.466 e. The summed E-state index contributed by atoms with van der Waals surface area (Å²) in [4.78, 5) is 43.7. The fourth-order valence-electron chi connectivity index (χ4n) is 0.838. The molecule has 8 heteroatoms. The van der Waals surface area contributed by atoms with Crippen molar-refractivity contribution in [1.29, 1.82) is 0 Å². The van der Waals surface area contributed by atoms with Crippen LogP contribution < -0.4 is 0 Å². The van der Waals surface area contributed by atoms with Crippen molar-refractivity contribution in [2.24, 2.45) is 0 Å². The first kappa shape index (κ1) is 17.4. The Morgan fingerprint density at radius 3 is 1.30 bits per heavy atom. The highest BCUT2D eigenvalue weighted by Crippen LogP contribution is 1.97. The zero-order valence-corrected chi connectivity index (χ0v) is 11.2. The molecule has 0 aliphatic heterocycles. The lowest BCUT2D eigenvalue weighted by atomic mass is 10.5. The summed E-state index contributed by atoms with van der Waals surface area (Å²) in [6.07, 6.45) is 2.16. The van der Waals surface area contributed by atoms with Crippen LogP contribution >= 0.6 is 0 Å². The predicted molar refractivity (Wildman–Crippen MR) is 64.0 cm³/mol. The molecule has 0 aromatic rings. The molecule has 0 spiro atoms. The highest BCUT2D eigenvalue weighted by Gasteiger charge is 2.11. The van der Waals surface area contributed by atoms with Crippen molar-refractivity contribution >= 4 is 23.9 Å². The minimum atomic E-state index is -1.19. The van der Waals surface area contributed by atoms with E-state index in [4.69, 9.17) is 0 Å². The van der Waals surface area contributed by atoms with Crippen molar-refractivity contribution < 1.29 is 38.1 Å². The van der Waals surface area contributed by atoms with Gasteiger partial charge in [-0.25, -0.2) is 19.2 Å². The van der Waals surface area contributed by atoms with Gasteiger partial charge in [-0.05, 0) is 0 Å². The Labute approximate surface area is 114 Å². The standard InChI is InChI=1S/C12H14O8/c1-8(19-11(15)6-4-9(13)17-2)20-12(16)7-5-10(14)18-3/h4-8H,1-3H3/b6-4+,7-5+. The van der Waals surface area contributed by atoms with Gasteiger partial charge in [0.1, 0.15) is 0 Å². The van der Waals surface area contributed by atoms with E-state index in [9.17, 15) is 19.2 Å².